The lowest BCUT2D eigenvalue weighted by Crippen LogP contribution is -2.32. The summed E-state index contributed by atoms with van der Waals surface area (Å²) in [6.45, 7) is 3.73. The summed E-state index contributed by atoms with van der Waals surface area (Å²) in [7, 11) is 0. The molecule has 0 bridgehead atoms. The summed E-state index contributed by atoms with van der Waals surface area (Å²) in [5.74, 6) is -0.667. The normalized spacial score (nSPS) is 13.2. The molecule has 1 aliphatic heterocycles. The summed E-state index contributed by atoms with van der Waals surface area (Å²) in [5, 5.41) is 0. The van der Waals surface area contributed by atoms with Gasteiger partial charge in [-0.3, -0.25) is 19.3 Å². The van der Waals surface area contributed by atoms with Crippen LogP contribution in [0, 0.1) is 13.8 Å². The van der Waals surface area contributed by atoms with Crippen molar-refractivity contribution >= 4 is 17.8 Å². The van der Waals surface area contributed by atoms with Gasteiger partial charge in [0.1, 0.15) is 5.75 Å². The maximum absolute atomic E-state index is 12.2. The van der Waals surface area contributed by atoms with E-state index in [0.29, 0.717) is 16.9 Å². The van der Waals surface area contributed by atoms with Crippen LogP contribution in [0.3, 0.4) is 0 Å². The number of nitrogens with zero attached hydrogens (tertiary/aromatic N) is 1. The summed E-state index contributed by atoms with van der Waals surface area (Å²) in [6, 6.07) is 12.3. The number of para-hydroxylation sites is 1. The van der Waals surface area contributed by atoms with Crippen molar-refractivity contribution < 1.29 is 19.1 Å². The molecule has 0 aliphatic carbocycles. The van der Waals surface area contributed by atoms with E-state index < -0.39 is 5.97 Å². The summed E-state index contributed by atoms with van der Waals surface area (Å²) in [5.41, 5.74) is 2.49. The molecule has 2 aromatic carbocycles. The van der Waals surface area contributed by atoms with Crippen LogP contribution in [0.5, 0.6) is 5.75 Å². The highest BCUT2D eigenvalue weighted by Crippen LogP contribution is 2.24. The number of hydrogen-bond donors (Lipinski definition) is 0. The SMILES string of the molecule is Cc1cccc(C)c1OC(=O)CCN1C(=O)c2ccccc2C1=O. The van der Waals surface area contributed by atoms with Crippen molar-refractivity contribution in [3.63, 3.8) is 0 Å². The number of fused-ring (bicyclic) bond motifs is 1. The quantitative estimate of drug-likeness (QED) is 0.493. The first-order valence-electron chi connectivity index (χ1n) is 7.71. The van der Waals surface area contributed by atoms with Crippen molar-refractivity contribution in [2.24, 2.45) is 0 Å². The van der Waals surface area contributed by atoms with Gasteiger partial charge < -0.3 is 4.74 Å². The summed E-state index contributed by atoms with van der Waals surface area (Å²) in [6.07, 6.45) is -0.0424. The Morgan fingerprint density at radius 2 is 1.46 bits per heavy atom. The van der Waals surface area contributed by atoms with E-state index in [4.69, 9.17) is 4.74 Å². The molecule has 0 N–H and O–H groups in total. The number of aryl methyl sites for hydroxylation is 2. The Hall–Kier alpha value is -2.95. The van der Waals surface area contributed by atoms with Gasteiger partial charge in [0.25, 0.3) is 11.8 Å². The molecule has 1 aliphatic rings. The number of benzene rings is 2. The Kier molecular flexibility index (Phi) is 4.16. The zero-order valence-corrected chi connectivity index (χ0v) is 13.5. The fourth-order valence-electron chi connectivity index (χ4n) is 2.77. The standard InChI is InChI=1S/C19H17NO4/c1-12-6-5-7-13(2)17(12)24-16(21)10-11-20-18(22)14-8-3-4-9-15(14)19(20)23/h3-9H,10-11H2,1-2H3. The average molecular weight is 323 g/mol. The Morgan fingerprint density at radius 1 is 0.917 bits per heavy atom. The molecule has 2 aromatic rings. The molecule has 0 radical (unpaired) electrons. The van der Waals surface area contributed by atoms with E-state index in [0.717, 1.165) is 16.0 Å². The van der Waals surface area contributed by atoms with E-state index >= 15 is 0 Å². The molecule has 5 heteroatoms. The second-order valence-electron chi connectivity index (χ2n) is 5.75. The largest absolute Gasteiger partial charge is 0.426 e. The van der Waals surface area contributed by atoms with Crippen LogP contribution < -0.4 is 4.74 Å². The van der Waals surface area contributed by atoms with Crippen LogP contribution in [0.4, 0.5) is 0 Å². The lowest BCUT2D eigenvalue weighted by Gasteiger charge is -2.14. The first-order chi connectivity index (χ1) is 11.5. The number of rotatable bonds is 4. The first kappa shape index (κ1) is 15.9. The molecule has 1 heterocycles. The van der Waals surface area contributed by atoms with Crippen LogP contribution in [0.15, 0.2) is 42.5 Å². The molecule has 0 unspecified atom stereocenters. The van der Waals surface area contributed by atoms with Gasteiger partial charge in [-0.2, -0.15) is 0 Å². The number of amides is 2. The topological polar surface area (TPSA) is 63.7 Å². The van der Waals surface area contributed by atoms with Gasteiger partial charge in [-0.05, 0) is 37.1 Å². The number of esters is 1. The fraction of sp³-hybridized carbons (Fsp3) is 0.211. The maximum Gasteiger partial charge on any atom is 0.313 e. The molecular formula is C19H17NO4. The van der Waals surface area contributed by atoms with Crippen molar-refractivity contribution in [2.45, 2.75) is 20.3 Å². The second-order valence-corrected chi connectivity index (χ2v) is 5.75. The van der Waals surface area contributed by atoms with Crippen LogP contribution in [0.1, 0.15) is 38.3 Å². The monoisotopic (exact) mass is 323 g/mol. The van der Waals surface area contributed by atoms with E-state index in [1.54, 1.807) is 24.3 Å². The predicted octanol–water partition coefficient (Wildman–Crippen LogP) is 2.90. The predicted molar refractivity (Wildman–Crippen MR) is 88.0 cm³/mol. The molecule has 5 nitrogen and oxygen atoms in total. The molecule has 0 fully saturated rings. The molecule has 0 saturated heterocycles. The maximum atomic E-state index is 12.2. The third kappa shape index (κ3) is 2.80. The van der Waals surface area contributed by atoms with Crippen molar-refractivity contribution in [1.82, 2.24) is 4.90 Å². The van der Waals surface area contributed by atoms with E-state index in [-0.39, 0.29) is 24.8 Å². The minimum Gasteiger partial charge on any atom is -0.426 e. The molecule has 0 atom stereocenters. The van der Waals surface area contributed by atoms with E-state index in [2.05, 4.69) is 0 Å². The van der Waals surface area contributed by atoms with Crippen molar-refractivity contribution in [2.75, 3.05) is 6.54 Å². The zero-order valence-electron chi connectivity index (χ0n) is 13.5. The highest BCUT2D eigenvalue weighted by atomic mass is 16.5. The Morgan fingerprint density at radius 3 is 2.00 bits per heavy atom. The summed E-state index contributed by atoms with van der Waals surface area (Å²) < 4.78 is 5.40. The van der Waals surface area contributed by atoms with Gasteiger partial charge in [-0.1, -0.05) is 30.3 Å². The van der Waals surface area contributed by atoms with Gasteiger partial charge in [0.2, 0.25) is 0 Å². The number of carbonyl (C=O) groups excluding carboxylic acids is 3. The molecule has 3 rings (SSSR count). The highest BCUT2D eigenvalue weighted by molar-refractivity contribution is 6.21. The minimum absolute atomic E-state index is 0.0100. The summed E-state index contributed by atoms with van der Waals surface area (Å²) in [4.78, 5) is 37.7. The average Bonchev–Trinajstić information content (AvgIpc) is 2.81. The Bertz CT molecular complexity index is 786. The highest BCUT2D eigenvalue weighted by Gasteiger charge is 2.35. The Balaban J connectivity index is 1.66. The van der Waals surface area contributed by atoms with Crippen LogP contribution in [0.25, 0.3) is 0 Å². The van der Waals surface area contributed by atoms with Gasteiger partial charge in [-0.15, -0.1) is 0 Å². The number of hydrogen-bond acceptors (Lipinski definition) is 4. The lowest BCUT2D eigenvalue weighted by atomic mass is 10.1. The van der Waals surface area contributed by atoms with Gasteiger partial charge in [0.15, 0.2) is 0 Å². The molecule has 24 heavy (non-hydrogen) atoms. The van der Waals surface area contributed by atoms with Crippen LogP contribution in [-0.4, -0.2) is 29.2 Å². The smallest absolute Gasteiger partial charge is 0.313 e. The first-order valence-corrected chi connectivity index (χ1v) is 7.71. The van der Waals surface area contributed by atoms with Gasteiger partial charge in [-0.25, -0.2) is 0 Å². The minimum atomic E-state index is -0.469. The van der Waals surface area contributed by atoms with E-state index in [9.17, 15) is 14.4 Å². The third-order valence-electron chi connectivity index (χ3n) is 4.04. The number of imide groups is 1. The number of carbonyl (C=O) groups is 3. The Labute approximate surface area is 139 Å². The zero-order chi connectivity index (χ0) is 17.3. The molecular weight excluding hydrogens is 306 g/mol. The van der Waals surface area contributed by atoms with Gasteiger partial charge in [0.05, 0.1) is 17.5 Å². The fourth-order valence-corrected chi connectivity index (χ4v) is 2.77. The van der Waals surface area contributed by atoms with Gasteiger partial charge >= 0.3 is 5.97 Å². The van der Waals surface area contributed by atoms with E-state index in [1.165, 1.54) is 0 Å². The molecule has 0 aromatic heterocycles. The van der Waals surface area contributed by atoms with Gasteiger partial charge in [0, 0.05) is 6.54 Å². The second kappa shape index (κ2) is 6.28. The van der Waals surface area contributed by atoms with Crippen molar-refractivity contribution in [3.8, 4) is 5.75 Å². The van der Waals surface area contributed by atoms with E-state index in [1.807, 2.05) is 32.0 Å². The van der Waals surface area contributed by atoms with Crippen LogP contribution >= 0.6 is 0 Å². The molecule has 0 spiro atoms. The molecule has 2 amide bonds. The van der Waals surface area contributed by atoms with Crippen molar-refractivity contribution in [1.29, 1.82) is 0 Å². The van der Waals surface area contributed by atoms with Crippen LogP contribution in [0.2, 0.25) is 0 Å². The van der Waals surface area contributed by atoms with Crippen LogP contribution in [-0.2, 0) is 4.79 Å². The molecule has 0 saturated carbocycles. The lowest BCUT2D eigenvalue weighted by molar-refractivity contribution is -0.134. The third-order valence-corrected chi connectivity index (χ3v) is 4.04. The number of ether oxygens (including phenoxy) is 1. The summed E-state index contributed by atoms with van der Waals surface area (Å²) >= 11 is 0. The molecule has 122 valence electrons. The van der Waals surface area contributed by atoms with Crippen molar-refractivity contribution in [3.05, 3.63) is 64.7 Å².